The fraction of sp³-hybridized carbons (Fsp3) is 0.615. The maximum absolute atomic E-state index is 12.6. The van der Waals surface area contributed by atoms with E-state index in [-0.39, 0.29) is 25.6 Å². The molecule has 0 aliphatic carbocycles. The third-order valence-corrected chi connectivity index (χ3v) is 4.58. The Morgan fingerprint density at radius 1 is 1.42 bits per heavy atom. The lowest BCUT2D eigenvalue weighted by Crippen LogP contribution is -2.61. The number of halogens is 1. The fourth-order valence-electron chi connectivity index (χ4n) is 2.30. The van der Waals surface area contributed by atoms with Gasteiger partial charge in [-0.25, -0.2) is 4.79 Å². The molecular formula is C13H18ClN3O6S. The molecule has 1 aliphatic heterocycles. The van der Waals surface area contributed by atoms with Gasteiger partial charge in [-0.2, -0.15) is 5.01 Å². The van der Waals surface area contributed by atoms with Crippen LogP contribution in [0.5, 0.6) is 0 Å². The number of nitroso groups, excluding NO2 is 1. The highest BCUT2D eigenvalue weighted by Crippen LogP contribution is 2.23. The molecule has 0 spiro atoms. The Morgan fingerprint density at radius 2 is 2.17 bits per heavy atom. The van der Waals surface area contributed by atoms with Gasteiger partial charge in [0.15, 0.2) is 6.23 Å². The number of amides is 2. The molecule has 1 saturated heterocycles. The summed E-state index contributed by atoms with van der Waals surface area (Å²) in [6.07, 6.45) is -5.52. The molecular weight excluding hydrogens is 362 g/mol. The van der Waals surface area contributed by atoms with Crippen LogP contribution in [-0.4, -0.2) is 74.8 Å². The zero-order chi connectivity index (χ0) is 17.7. The molecule has 134 valence electrons. The Hall–Kier alpha value is -1.30. The SMILES string of the molecule is O=NN(CCCl)C(=O)N(Cc1cccs1)C1OC[C@H](O)[C@H](O)[C@H]1O. The third-order valence-electron chi connectivity index (χ3n) is 3.55. The minimum Gasteiger partial charge on any atom is -0.388 e. The van der Waals surface area contributed by atoms with Crippen molar-refractivity contribution in [2.24, 2.45) is 5.29 Å². The van der Waals surface area contributed by atoms with Gasteiger partial charge in [-0.3, -0.25) is 4.90 Å². The van der Waals surface area contributed by atoms with E-state index in [1.807, 2.05) is 5.38 Å². The highest BCUT2D eigenvalue weighted by atomic mass is 35.5. The number of carbonyl (C=O) groups is 1. The Balaban J connectivity index is 2.25. The van der Waals surface area contributed by atoms with Gasteiger partial charge in [0.2, 0.25) is 0 Å². The van der Waals surface area contributed by atoms with Gasteiger partial charge in [-0.15, -0.1) is 27.8 Å². The first-order valence-electron chi connectivity index (χ1n) is 7.15. The maximum atomic E-state index is 12.6. The monoisotopic (exact) mass is 379 g/mol. The molecule has 2 rings (SSSR count). The van der Waals surface area contributed by atoms with Crippen molar-refractivity contribution in [3.8, 4) is 0 Å². The van der Waals surface area contributed by atoms with Crippen molar-refractivity contribution in [2.45, 2.75) is 31.1 Å². The standard InChI is InChI=1S/C13H18ClN3O6S/c14-3-4-17(15-22)13(21)16(6-8-2-1-5-24-8)12-11(20)10(19)9(18)7-23-12/h1-2,5,9-12,18-20H,3-4,6-7H2/t9-,10-,11+,12?/m0/s1. The number of carbonyl (C=O) groups excluding carboxylic acids is 1. The van der Waals surface area contributed by atoms with Gasteiger partial charge in [0.25, 0.3) is 0 Å². The summed E-state index contributed by atoms with van der Waals surface area (Å²) in [5.41, 5.74) is 0. The molecule has 0 bridgehead atoms. The molecule has 2 heterocycles. The second-order valence-electron chi connectivity index (χ2n) is 5.16. The molecule has 2 amide bonds. The topological polar surface area (TPSA) is 123 Å². The summed E-state index contributed by atoms with van der Waals surface area (Å²) in [5.74, 6) is -0.000259. The maximum Gasteiger partial charge on any atom is 0.345 e. The predicted molar refractivity (Wildman–Crippen MR) is 86.2 cm³/mol. The van der Waals surface area contributed by atoms with Gasteiger partial charge in [-0.05, 0) is 11.4 Å². The number of urea groups is 1. The van der Waals surface area contributed by atoms with Crippen LogP contribution in [0.15, 0.2) is 22.8 Å². The summed E-state index contributed by atoms with van der Waals surface area (Å²) < 4.78 is 5.32. The van der Waals surface area contributed by atoms with E-state index in [9.17, 15) is 25.0 Å². The summed E-state index contributed by atoms with van der Waals surface area (Å²) in [5, 5.41) is 34.6. The van der Waals surface area contributed by atoms with Crippen LogP contribution in [-0.2, 0) is 11.3 Å². The first-order valence-corrected chi connectivity index (χ1v) is 8.56. The number of nitrogens with zero attached hydrogens (tertiary/aromatic N) is 3. The molecule has 0 saturated carbocycles. The van der Waals surface area contributed by atoms with Crippen LogP contribution in [0.25, 0.3) is 0 Å². The smallest absolute Gasteiger partial charge is 0.345 e. The zero-order valence-corrected chi connectivity index (χ0v) is 14.1. The summed E-state index contributed by atoms with van der Waals surface area (Å²) in [6.45, 7) is -0.338. The molecule has 9 nitrogen and oxygen atoms in total. The van der Waals surface area contributed by atoms with Crippen molar-refractivity contribution in [3.63, 3.8) is 0 Å². The van der Waals surface area contributed by atoms with Crippen molar-refractivity contribution >= 4 is 29.0 Å². The van der Waals surface area contributed by atoms with E-state index in [4.69, 9.17) is 16.3 Å². The number of hydrogen-bond acceptors (Lipinski definition) is 8. The van der Waals surface area contributed by atoms with Gasteiger partial charge in [0.1, 0.15) is 18.3 Å². The summed E-state index contributed by atoms with van der Waals surface area (Å²) >= 11 is 6.93. The number of alkyl halides is 1. The van der Waals surface area contributed by atoms with Gasteiger partial charge in [0.05, 0.1) is 25.0 Å². The average Bonchev–Trinajstić information content (AvgIpc) is 3.09. The Labute approximate surface area is 146 Å². The van der Waals surface area contributed by atoms with Crippen LogP contribution in [0.2, 0.25) is 0 Å². The number of rotatable bonds is 6. The highest BCUT2D eigenvalue weighted by molar-refractivity contribution is 7.09. The second-order valence-corrected chi connectivity index (χ2v) is 6.57. The summed E-state index contributed by atoms with van der Waals surface area (Å²) in [4.78, 5) is 25.4. The highest BCUT2D eigenvalue weighted by Gasteiger charge is 2.43. The molecule has 1 aromatic heterocycles. The molecule has 11 heteroatoms. The number of hydrogen-bond donors (Lipinski definition) is 3. The van der Waals surface area contributed by atoms with Crippen LogP contribution in [0.1, 0.15) is 4.88 Å². The van der Waals surface area contributed by atoms with Crippen molar-refractivity contribution < 1.29 is 24.9 Å². The first-order chi connectivity index (χ1) is 11.5. The first kappa shape index (κ1) is 19.0. The lowest BCUT2D eigenvalue weighted by molar-refractivity contribution is -0.221. The third kappa shape index (κ3) is 4.21. The van der Waals surface area contributed by atoms with Crippen LogP contribution in [0.3, 0.4) is 0 Å². The van der Waals surface area contributed by atoms with Crippen LogP contribution < -0.4 is 0 Å². The van der Waals surface area contributed by atoms with E-state index >= 15 is 0 Å². The van der Waals surface area contributed by atoms with Crippen LogP contribution in [0, 0.1) is 4.91 Å². The minimum absolute atomic E-state index is 0.000259. The summed E-state index contributed by atoms with van der Waals surface area (Å²) in [6, 6.07) is 2.74. The molecule has 24 heavy (non-hydrogen) atoms. The predicted octanol–water partition coefficient (Wildman–Crippen LogP) is 0.331. The molecule has 1 aliphatic rings. The molecule has 1 aromatic rings. The van der Waals surface area contributed by atoms with E-state index in [1.54, 1.807) is 12.1 Å². The van der Waals surface area contributed by atoms with Crippen molar-refractivity contribution in [3.05, 3.63) is 27.3 Å². The number of aliphatic hydroxyl groups excluding tert-OH is 3. The largest absolute Gasteiger partial charge is 0.388 e. The van der Waals surface area contributed by atoms with Crippen molar-refractivity contribution in [1.29, 1.82) is 0 Å². The number of aliphatic hydroxyl groups is 3. The van der Waals surface area contributed by atoms with Gasteiger partial charge >= 0.3 is 6.03 Å². The lowest BCUT2D eigenvalue weighted by atomic mass is 10.0. The summed E-state index contributed by atoms with van der Waals surface area (Å²) in [7, 11) is 0. The van der Waals surface area contributed by atoms with E-state index in [0.717, 1.165) is 9.78 Å². The average molecular weight is 380 g/mol. The molecule has 4 atom stereocenters. The normalized spacial score (nSPS) is 26.8. The van der Waals surface area contributed by atoms with Gasteiger partial charge < -0.3 is 20.1 Å². The quantitative estimate of drug-likeness (QED) is 0.372. The van der Waals surface area contributed by atoms with Gasteiger partial charge in [-0.1, -0.05) is 6.07 Å². The Morgan fingerprint density at radius 3 is 2.75 bits per heavy atom. The minimum atomic E-state index is -1.54. The molecule has 0 aromatic carbocycles. The van der Waals surface area contributed by atoms with E-state index < -0.39 is 30.6 Å². The van der Waals surface area contributed by atoms with Crippen molar-refractivity contribution in [2.75, 3.05) is 19.0 Å². The van der Waals surface area contributed by atoms with Crippen molar-refractivity contribution in [1.82, 2.24) is 9.91 Å². The van der Waals surface area contributed by atoms with E-state index in [2.05, 4.69) is 5.29 Å². The zero-order valence-electron chi connectivity index (χ0n) is 12.6. The lowest BCUT2D eigenvalue weighted by Gasteiger charge is -2.41. The molecule has 0 radical (unpaired) electrons. The molecule has 1 unspecified atom stereocenters. The number of thiophene rings is 1. The van der Waals surface area contributed by atoms with E-state index in [1.165, 1.54) is 11.3 Å². The Bertz CT molecular complexity index is 548. The fourth-order valence-corrected chi connectivity index (χ4v) is 3.16. The van der Waals surface area contributed by atoms with E-state index in [0.29, 0.717) is 5.01 Å². The van der Waals surface area contributed by atoms with Crippen LogP contribution in [0.4, 0.5) is 4.79 Å². The molecule has 3 N–H and O–H groups in total. The van der Waals surface area contributed by atoms with Gasteiger partial charge in [0, 0.05) is 10.8 Å². The second kappa shape index (κ2) is 8.70. The van der Waals surface area contributed by atoms with Crippen LogP contribution >= 0.6 is 22.9 Å². The number of ether oxygens (including phenoxy) is 1. The Kier molecular flexibility index (Phi) is 6.90. The molecule has 1 fully saturated rings.